The zero-order valence-electron chi connectivity index (χ0n) is 17.0. The molecule has 0 bridgehead atoms. The van der Waals surface area contributed by atoms with Crippen molar-refractivity contribution in [3.8, 4) is 11.4 Å². The highest BCUT2D eigenvalue weighted by Crippen LogP contribution is 2.30. The Kier molecular flexibility index (Phi) is 5.18. The van der Waals surface area contributed by atoms with Gasteiger partial charge in [0, 0.05) is 34.9 Å². The number of benzene rings is 3. The lowest BCUT2D eigenvalue weighted by molar-refractivity contribution is -0.113. The summed E-state index contributed by atoms with van der Waals surface area (Å²) in [5.74, 6) is 0.996. The maximum absolute atomic E-state index is 12.5. The minimum Gasteiger partial charge on any atom is -0.360 e. The van der Waals surface area contributed by atoms with Gasteiger partial charge in [-0.25, -0.2) is 0 Å². The van der Waals surface area contributed by atoms with Crippen molar-refractivity contribution in [2.45, 2.75) is 18.6 Å². The van der Waals surface area contributed by atoms with Crippen LogP contribution in [0, 0.1) is 0 Å². The number of H-pyrrole nitrogens is 1. The second-order valence-corrected chi connectivity index (χ2v) is 8.14. The first-order valence-electron chi connectivity index (χ1n) is 10.1. The lowest BCUT2D eigenvalue weighted by Crippen LogP contribution is -2.14. The van der Waals surface area contributed by atoms with Gasteiger partial charge in [0.1, 0.15) is 0 Å². The molecule has 2 aromatic heterocycles. The van der Waals surface area contributed by atoms with Crippen LogP contribution in [0.4, 0.5) is 5.69 Å². The van der Waals surface area contributed by atoms with Crippen molar-refractivity contribution in [3.05, 3.63) is 72.9 Å². The summed E-state index contributed by atoms with van der Waals surface area (Å²) < 4.78 is 2.05. The highest BCUT2D eigenvalue weighted by atomic mass is 32.2. The quantitative estimate of drug-likeness (QED) is 0.359. The number of nitrogens with zero attached hydrogens (tertiary/aromatic N) is 3. The molecule has 1 amide bonds. The number of carbonyl (C=O) groups is 1. The van der Waals surface area contributed by atoms with Crippen LogP contribution >= 0.6 is 11.8 Å². The van der Waals surface area contributed by atoms with E-state index >= 15 is 0 Å². The van der Waals surface area contributed by atoms with Gasteiger partial charge >= 0.3 is 0 Å². The van der Waals surface area contributed by atoms with Crippen molar-refractivity contribution < 1.29 is 4.79 Å². The molecule has 5 aromatic rings. The molecule has 0 radical (unpaired) electrons. The fourth-order valence-electron chi connectivity index (χ4n) is 3.73. The van der Waals surface area contributed by atoms with Crippen LogP contribution in [0.1, 0.15) is 6.92 Å². The number of aromatic amines is 1. The third-order valence-corrected chi connectivity index (χ3v) is 6.20. The van der Waals surface area contributed by atoms with Crippen molar-refractivity contribution >= 4 is 45.0 Å². The number of aromatic nitrogens is 4. The number of hydrogen-bond donors (Lipinski definition) is 2. The summed E-state index contributed by atoms with van der Waals surface area (Å²) in [6.45, 7) is 2.78. The Bertz CT molecular complexity index is 1390. The lowest BCUT2D eigenvalue weighted by atomic mass is 10.1. The maximum Gasteiger partial charge on any atom is 0.234 e. The molecule has 0 aliphatic rings. The van der Waals surface area contributed by atoms with E-state index < -0.39 is 0 Å². The Morgan fingerprint density at radius 1 is 1.03 bits per heavy atom. The normalized spacial score (nSPS) is 11.3. The van der Waals surface area contributed by atoms with Crippen LogP contribution < -0.4 is 5.32 Å². The SMILES string of the molecule is CCn1c(SCC(=O)Nc2ccc3ccccc3c2)nnc1-c1c[nH]c2ccccc12. The monoisotopic (exact) mass is 427 g/mol. The molecule has 5 rings (SSSR count). The van der Waals surface area contributed by atoms with Gasteiger partial charge in [0.05, 0.1) is 5.75 Å². The Morgan fingerprint density at radius 2 is 1.84 bits per heavy atom. The first kappa shape index (κ1) is 19.4. The zero-order chi connectivity index (χ0) is 21.2. The summed E-state index contributed by atoms with van der Waals surface area (Å²) in [5.41, 5.74) is 2.87. The summed E-state index contributed by atoms with van der Waals surface area (Å²) in [5, 5.41) is 15.8. The molecule has 31 heavy (non-hydrogen) atoms. The van der Waals surface area contributed by atoms with Crippen LogP contribution in [0.2, 0.25) is 0 Å². The molecular formula is C24H21N5OS. The topological polar surface area (TPSA) is 75.6 Å². The Hall–Kier alpha value is -3.58. The van der Waals surface area contributed by atoms with Gasteiger partial charge in [-0.3, -0.25) is 4.79 Å². The van der Waals surface area contributed by atoms with Gasteiger partial charge in [0.2, 0.25) is 5.91 Å². The number of para-hydroxylation sites is 1. The van der Waals surface area contributed by atoms with E-state index in [-0.39, 0.29) is 11.7 Å². The molecule has 0 atom stereocenters. The average molecular weight is 428 g/mol. The van der Waals surface area contributed by atoms with Crippen molar-refractivity contribution in [1.82, 2.24) is 19.7 Å². The van der Waals surface area contributed by atoms with Crippen LogP contribution in [-0.4, -0.2) is 31.4 Å². The summed E-state index contributed by atoms with van der Waals surface area (Å²) in [6.07, 6.45) is 1.96. The third kappa shape index (κ3) is 3.80. The first-order chi connectivity index (χ1) is 15.2. The number of thioether (sulfide) groups is 1. The molecule has 6 nitrogen and oxygen atoms in total. The van der Waals surface area contributed by atoms with Crippen LogP contribution in [0.25, 0.3) is 33.1 Å². The zero-order valence-corrected chi connectivity index (χ0v) is 17.8. The number of hydrogen-bond acceptors (Lipinski definition) is 4. The highest BCUT2D eigenvalue weighted by molar-refractivity contribution is 7.99. The molecule has 3 aromatic carbocycles. The maximum atomic E-state index is 12.5. The van der Waals surface area contributed by atoms with Gasteiger partial charge < -0.3 is 14.9 Å². The van der Waals surface area contributed by atoms with E-state index in [9.17, 15) is 4.79 Å². The summed E-state index contributed by atoms with van der Waals surface area (Å²) in [6, 6.07) is 22.1. The predicted octanol–water partition coefficient (Wildman–Crippen LogP) is 5.33. The smallest absolute Gasteiger partial charge is 0.234 e. The summed E-state index contributed by atoms with van der Waals surface area (Å²) in [7, 11) is 0. The number of rotatable bonds is 6. The van der Waals surface area contributed by atoms with Crippen molar-refractivity contribution in [2.24, 2.45) is 0 Å². The number of nitrogens with one attached hydrogen (secondary N) is 2. The van der Waals surface area contributed by atoms with Gasteiger partial charge in [-0.1, -0.05) is 60.3 Å². The number of fused-ring (bicyclic) bond motifs is 2. The molecule has 2 N–H and O–H groups in total. The van der Waals surface area contributed by atoms with E-state index in [4.69, 9.17) is 0 Å². The largest absolute Gasteiger partial charge is 0.360 e. The van der Waals surface area contributed by atoms with Gasteiger partial charge in [-0.15, -0.1) is 10.2 Å². The molecule has 0 aliphatic heterocycles. The molecule has 0 aliphatic carbocycles. The molecule has 0 fully saturated rings. The average Bonchev–Trinajstić information content (AvgIpc) is 3.41. The van der Waals surface area contributed by atoms with Gasteiger partial charge in [-0.05, 0) is 35.9 Å². The minimum absolute atomic E-state index is 0.0698. The van der Waals surface area contributed by atoms with Crippen molar-refractivity contribution in [1.29, 1.82) is 0 Å². The summed E-state index contributed by atoms with van der Waals surface area (Å²) >= 11 is 1.39. The molecule has 0 unspecified atom stereocenters. The van der Waals surface area contributed by atoms with Crippen molar-refractivity contribution in [3.63, 3.8) is 0 Å². The van der Waals surface area contributed by atoms with Gasteiger partial charge in [0.15, 0.2) is 11.0 Å². The first-order valence-corrected chi connectivity index (χ1v) is 11.1. The van der Waals surface area contributed by atoms with E-state index in [1.807, 2.05) is 65.4 Å². The second-order valence-electron chi connectivity index (χ2n) is 7.20. The minimum atomic E-state index is -0.0698. The molecule has 154 valence electrons. The second kappa shape index (κ2) is 8.28. The molecule has 0 saturated carbocycles. The molecular weight excluding hydrogens is 406 g/mol. The van der Waals surface area contributed by atoms with Crippen LogP contribution in [0.15, 0.2) is 78.1 Å². The highest BCUT2D eigenvalue weighted by Gasteiger charge is 2.17. The number of amides is 1. The van der Waals surface area contributed by atoms with E-state index in [2.05, 4.69) is 39.6 Å². The number of carbonyl (C=O) groups excluding carboxylic acids is 1. The Morgan fingerprint density at radius 3 is 2.71 bits per heavy atom. The van der Waals surface area contributed by atoms with Crippen LogP contribution in [0.5, 0.6) is 0 Å². The fraction of sp³-hybridized carbons (Fsp3) is 0.125. The molecule has 0 saturated heterocycles. The molecule has 2 heterocycles. The third-order valence-electron chi connectivity index (χ3n) is 5.23. The fourth-order valence-corrected chi connectivity index (χ4v) is 4.53. The van der Waals surface area contributed by atoms with Gasteiger partial charge in [0.25, 0.3) is 0 Å². The van der Waals surface area contributed by atoms with Crippen molar-refractivity contribution in [2.75, 3.05) is 11.1 Å². The standard InChI is InChI=1S/C24H21N5OS/c1-2-29-23(20-14-25-21-10-6-5-9-19(20)21)27-28-24(29)31-15-22(30)26-18-12-11-16-7-3-4-8-17(16)13-18/h3-14,25H,2,15H2,1H3,(H,26,30). The van der Waals surface area contributed by atoms with E-state index in [0.717, 1.165) is 50.5 Å². The van der Waals surface area contributed by atoms with Crippen LogP contribution in [-0.2, 0) is 11.3 Å². The lowest BCUT2D eigenvalue weighted by Gasteiger charge is -2.08. The summed E-state index contributed by atoms with van der Waals surface area (Å²) in [4.78, 5) is 15.8. The molecule has 7 heteroatoms. The predicted molar refractivity (Wildman–Crippen MR) is 126 cm³/mol. The Balaban J connectivity index is 1.31. The van der Waals surface area contributed by atoms with E-state index in [0.29, 0.717) is 0 Å². The van der Waals surface area contributed by atoms with E-state index in [1.54, 1.807) is 0 Å². The molecule has 0 spiro atoms. The van der Waals surface area contributed by atoms with E-state index in [1.165, 1.54) is 11.8 Å². The van der Waals surface area contributed by atoms with Crippen LogP contribution in [0.3, 0.4) is 0 Å². The van der Waals surface area contributed by atoms with Gasteiger partial charge in [-0.2, -0.15) is 0 Å². The Labute approximate surface area is 183 Å². The number of anilines is 1.